The van der Waals surface area contributed by atoms with E-state index in [1.807, 2.05) is 25.1 Å². The Morgan fingerprint density at radius 2 is 0.950 bits per heavy atom. The summed E-state index contributed by atoms with van der Waals surface area (Å²) in [7, 11) is 0. The van der Waals surface area contributed by atoms with Crippen LogP contribution in [0.5, 0.6) is 11.5 Å². The number of carbonyl (C=O) groups excluding carboxylic acids is 1. The van der Waals surface area contributed by atoms with Crippen LogP contribution in [0.3, 0.4) is 0 Å². The lowest BCUT2D eigenvalue weighted by molar-refractivity contribution is -0.137. The van der Waals surface area contributed by atoms with Gasteiger partial charge in [0.2, 0.25) is 0 Å². The van der Waals surface area contributed by atoms with Gasteiger partial charge in [-0.1, -0.05) is 142 Å². The molecule has 0 aromatic heterocycles. The first kappa shape index (κ1) is 36.1. The smallest absolute Gasteiger partial charge is 0.330 e. The summed E-state index contributed by atoms with van der Waals surface area (Å²) in [5, 5.41) is 0. The van der Waals surface area contributed by atoms with Crippen molar-refractivity contribution in [3.8, 4) is 11.5 Å². The number of benzene rings is 1. The van der Waals surface area contributed by atoms with Crippen molar-refractivity contribution in [2.75, 3.05) is 19.8 Å². The second-order valence-corrected chi connectivity index (χ2v) is 11.2. The molecule has 0 fully saturated rings. The van der Waals surface area contributed by atoms with E-state index >= 15 is 0 Å². The molecule has 0 saturated carbocycles. The second-order valence-electron chi connectivity index (χ2n) is 11.2. The van der Waals surface area contributed by atoms with Gasteiger partial charge >= 0.3 is 5.97 Å². The summed E-state index contributed by atoms with van der Waals surface area (Å²) in [6.07, 6.45) is 30.1. The molecule has 0 unspecified atom stereocenters. The summed E-state index contributed by atoms with van der Waals surface area (Å²) in [5.74, 6) is 1.22. The predicted octanol–water partition coefficient (Wildman–Crippen LogP) is 11.3. The number of esters is 1. The fraction of sp³-hybridized carbons (Fsp3) is 0.750. The quantitative estimate of drug-likeness (QED) is 0.0583. The fourth-order valence-corrected chi connectivity index (χ4v) is 4.89. The molecule has 0 aliphatic heterocycles. The van der Waals surface area contributed by atoms with Crippen molar-refractivity contribution >= 4 is 12.0 Å². The Hall–Kier alpha value is -1.97. The Bertz CT molecular complexity index is 698. The molecule has 0 heterocycles. The minimum atomic E-state index is -0.327. The van der Waals surface area contributed by atoms with Crippen molar-refractivity contribution in [1.82, 2.24) is 0 Å². The summed E-state index contributed by atoms with van der Waals surface area (Å²) in [6.45, 7) is 8.32. The Labute approximate surface area is 247 Å². The minimum absolute atomic E-state index is 0.327. The standard InChI is InChI=1S/C36H62O4/c1-4-7-9-11-13-15-17-19-21-23-31-38-34-26-25-27-35(33(34)28-29-36(37)40-30-6-3)39-32-24-22-20-18-16-14-12-10-8-5-2/h25-29H,4-24,30-32H2,1-3H3. The van der Waals surface area contributed by atoms with Crippen molar-refractivity contribution in [3.63, 3.8) is 0 Å². The number of carbonyl (C=O) groups is 1. The topological polar surface area (TPSA) is 44.8 Å². The average Bonchev–Trinajstić information content (AvgIpc) is 2.97. The molecule has 40 heavy (non-hydrogen) atoms. The van der Waals surface area contributed by atoms with Gasteiger partial charge in [0.15, 0.2) is 0 Å². The number of hydrogen-bond donors (Lipinski definition) is 0. The maximum absolute atomic E-state index is 12.1. The minimum Gasteiger partial charge on any atom is -0.493 e. The highest BCUT2D eigenvalue weighted by molar-refractivity contribution is 5.88. The molecular formula is C36H62O4. The number of unbranched alkanes of at least 4 members (excludes halogenated alkanes) is 18. The molecule has 0 aliphatic carbocycles. The van der Waals surface area contributed by atoms with Gasteiger partial charge in [0, 0.05) is 6.08 Å². The highest BCUT2D eigenvalue weighted by atomic mass is 16.5. The monoisotopic (exact) mass is 558 g/mol. The molecule has 230 valence electrons. The Morgan fingerprint density at radius 3 is 1.35 bits per heavy atom. The maximum Gasteiger partial charge on any atom is 0.330 e. The Balaban J connectivity index is 2.46. The van der Waals surface area contributed by atoms with Crippen molar-refractivity contribution in [2.24, 2.45) is 0 Å². The van der Waals surface area contributed by atoms with Crippen molar-refractivity contribution in [1.29, 1.82) is 0 Å². The summed E-state index contributed by atoms with van der Waals surface area (Å²) >= 11 is 0. The van der Waals surface area contributed by atoms with Gasteiger partial charge in [-0.15, -0.1) is 0 Å². The van der Waals surface area contributed by atoms with E-state index < -0.39 is 0 Å². The molecular weight excluding hydrogens is 496 g/mol. The number of ether oxygens (including phenoxy) is 3. The summed E-state index contributed by atoms with van der Waals surface area (Å²) in [5.41, 5.74) is 0.829. The van der Waals surface area contributed by atoms with Gasteiger partial charge in [-0.2, -0.15) is 0 Å². The summed E-state index contributed by atoms with van der Waals surface area (Å²) in [6, 6.07) is 5.93. The van der Waals surface area contributed by atoms with Crippen molar-refractivity contribution in [3.05, 3.63) is 29.8 Å². The van der Waals surface area contributed by atoms with Gasteiger partial charge in [-0.25, -0.2) is 4.79 Å². The van der Waals surface area contributed by atoms with Gasteiger partial charge in [-0.05, 0) is 37.5 Å². The molecule has 0 bridgehead atoms. The molecule has 4 heteroatoms. The molecule has 1 aromatic carbocycles. The third-order valence-corrected chi connectivity index (χ3v) is 7.37. The molecule has 0 atom stereocenters. The van der Waals surface area contributed by atoms with Crippen molar-refractivity contribution in [2.45, 2.75) is 156 Å². The predicted molar refractivity (Wildman–Crippen MR) is 171 cm³/mol. The van der Waals surface area contributed by atoms with Gasteiger partial charge in [-0.3, -0.25) is 0 Å². The zero-order valence-electron chi connectivity index (χ0n) is 26.5. The van der Waals surface area contributed by atoms with E-state index in [-0.39, 0.29) is 5.97 Å². The number of rotatable bonds is 28. The highest BCUT2D eigenvalue weighted by Crippen LogP contribution is 2.31. The first-order valence-corrected chi connectivity index (χ1v) is 17.0. The van der Waals surface area contributed by atoms with E-state index in [9.17, 15) is 4.79 Å². The zero-order chi connectivity index (χ0) is 28.9. The largest absolute Gasteiger partial charge is 0.493 e. The van der Waals surface area contributed by atoms with Crippen LogP contribution < -0.4 is 9.47 Å². The van der Waals surface area contributed by atoms with Crippen LogP contribution in [0.1, 0.15) is 161 Å². The third-order valence-electron chi connectivity index (χ3n) is 7.37. The molecule has 0 aliphatic rings. The van der Waals surface area contributed by atoms with E-state index in [0.29, 0.717) is 19.8 Å². The van der Waals surface area contributed by atoms with E-state index in [1.54, 1.807) is 6.08 Å². The average molecular weight is 559 g/mol. The van der Waals surface area contributed by atoms with Gasteiger partial charge < -0.3 is 14.2 Å². The highest BCUT2D eigenvalue weighted by Gasteiger charge is 2.10. The molecule has 0 radical (unpaired) electrons. The van der Waals surface area contributed by atoms with Crippen LogP contribution in [0.25, 0.3) is 6.08 Å². The first-order chi connectivity index (χ1) is 19.7. The molecule has 1 aromatic rings. The van der Waals surface area contributed by atoms with Crippen LogP contribution in [-0.2, 0) is 9.53 Å². The van der Waals surface area contributed by atoms with Crippen LogP contribution >= 0.6 is 0 Å². The zero-order valence-corrected chi connectivity index (χ0v) is 26.5. The molecule has 0 amide bonds. The second kappa shape index (κ2) is 27.2. The maximum atomic E-state index is 12.1. The summed E-state index contributed by atoms with van der Waals surface area (Å²) < 4.78 is 17.6. The van der Waals surface area contributed by atoms with E-state index in [0.717, 1.165) is 36.3 Å². The van der Waals surface area contributed by atoms with Gasteiger partial charge in [0.25, 0.3) is 0 Å². The lowest BCUT2D eigenvalue weighted by Gasteiger charge is -2.14. The SMILES string of the molecule is CCCCCCCCCCCCOc1cccc(OCCCCCCCCCCCC)c1C=CC(=O)OCCC. The Kier molecular flexibility index (Phi) is 24.5. The first-order valence-electron chi connectivity index (χ1n) is 17.0. The van der Waals surface area contributed by atoms with Crippen LogP contribution in [0.15, 0.2) is 24.3 Å². The normalized spacial score (nSPS) is 11.3. The summed E-state index contributed by atoms with van der Waals surface area (Å²) in [4.78, 5) is 12.1. The third kappa shape index (κ3) is 20.0. The van der Waals surface area contributed by atoms with Gasteiger partial charge in [0.1, 0.15) is 11.5 Å². The van der Waals surface area contributed by atoms with Gasteiger partial charge in [0.05, 0.1) is 25.4 Å². The van der Waals surface area contributed by atoms with Crippen LogP contribution in [0, 0.1) is 0 Å². The van der Waals surface area contributed by atoms with Crippen LogP contribution in [-0.4, -0.2) is 25.8 Å². The lowest BCUT2D eigenvalue weighted by atomic mass is 10.1. The van der Waals surface area contributed by atoms with E-state index in [2.05, 4.69) is 13.8 Å². The Morgan fingerprint density at radius 1 is 0.550 bits per heavy atom. The molecule has 1 rings (SSSR count). The molecule has 0 spiro atoms. The van der Waals surface area contributed by atoms with E-state index in [1.165, 1.54) is 122 Å². The van der Waals surface area contributed by atoms with E-state index in [4.69, 9.17) is 14.2 Å². The van der Waals surface area contributed by atoms with Crippen LogP contribution in [0.4, 0.5) is 0 Å². The van der Waals surface area contributed by atoms with Crippen LogP contribution in [0.2, 0.25) is 0 Å². The van der Waals surface area contributed by atoms with Crippen molar-refractivity contribution < 1.29 is 19.0 Å². The molecule has 4 nitrogen and oxygen atoms in total. The molecule has 0 N–H and O–H groups in total. The fourth-order valence-electron chi connectivity index (χ4n) is 4.89. The lowest BCUT2D eigenvalue weighted by Crippen LogP contribution is -2.04. The molecule has 0 saturated heterocycles. The number of hydrogen-bond acceptors (Lipinski definition) is 4.